The summed E-state index contributed by atoms with van der Waals surface area (Å²) in [4.78, 5) is 20.0. The molecule has 5 nitrogen and oxygen atoms in total. The quantitative estimate of drug-likeness (QED) is 0.759. The highest BCUT2D eigenvalue weighted by atomic mass is 32.1. The van der Waals surface area contributed by atoms with E-state index < -0.39 is 0 Å². The lowest BCUT2D eigenvalue weighted by Crippen LogP contribution is -2.33. The van der Waals surface area contributed by atoms with Crippen molar-refractivity contribution in [2.24, 2.45) is 4.99 Å². The Morgan fingerprint density at radius 2 is 2.33 bits per heavy atom. The Labute approximate surface area is 107 Å². The lowest BCUT2D eigenvalue weighted by molar-refractivity contribution is -0.115. The van der Waals surface area contributed by atoms with Gasteiger partial charge < -0.3 is 5.32 Å². The number of thiazole rings is 1. The molecule has 0 atom stereocenters. The Hall–Kier alpha value is -2.21. The molecule has 18 heavy (non-hydrogen) atoms. The van der Waals surface area contributed by atoms with Crippen LogP contribution in [0, 0.1) is 0 Å². The zero-order chi connectivity index (χ0) is 12.5. The third kappa shape index (κ3) is 1.86. The highest BCUT2D eigenvalue weighted by molar-refractivity contribution is 7.16. The lowest BCUT2D eigenvalue weighted by Gasteiger charge is -1.95. The number of aromatic nitrogens is 1. The van der Waals surface area contributed by atoms with Gasteiger partial charge in [0.05, 0.1) is 15.7 Å². The van der Waals surface area contributed by atoms with Crippen LogP contribution in [-0.2, 0) is 4.79 Å². The van der Waals surface area contributed by atoms with E-state index in [0.717, 1.165) is 15.8 Å². The van der Waals surface area contributed by atoms with Crippen LogP contribution in [0.4, 0.5) is 0 Å². The summed E-state index contributed by atoms with van der Waals surface area (Å²) in [5.41, 5.74) is 4.12. The molecule has 2 aromatic rings. The Morgan fingerprint density at radius 1 is 1.44 bits per heavy atom. The summed E-state index contributed by atoms with van der Waals surface area (Å²) < 4.78 is 1.10. The van der Waals surface area contributed by atoms with Crippen LogP contribution >= 0.6 is 11.3 Å². The maximum atomic E-state index is 11.6. The van der Waals surface area contributed by atoms with Gasteiger partial charge in [0.2, 0.25) is 5.96 Å². The monoisotopic (exact) mass is 258 g/mol. The first kappa shape index (κ1) is 10.9. The molecule has 1 aliphatic rings. The highest BCUT2D eigenvalue weighted by Gasteiger charge is 2.18. The smallest absolute Gasteiger partial charge is 0.276 e. The van der Waals surface area contributed by atoms with Crippen LogP contribution in [0.1, 0.15) is 5.56 Å². The van der Waals surface area contributed by atoms with Crippen LogP contribution in [0.25, 0.3) is 16.3 Å². The van der Waals surface area contributed by atoms with Crippen molar-refractivity contribution < 1.29 is 4.79 Å². The topological polar surface area (TPSA) is 66.4 Å². The first-order valence-electron chi connectivity index (χ1n) is 5.39. The van der Waals surface area contributed by atoms with E-state index in [-0.39, 0.29) is 5.91 Å². The van der Waals surface area contributed by atoms with Gasteiger partial charge in [0.25, 0.3) is 5.91 Å². The predicted molar refractivity (Wildman–Crippen MR) is 72.2 cm³/mol. The molecule has 0 aliphatic carbocycles. The second-order valence-electron chi connectivity index (χ2n) is 3.77. The average Bonchev–Trinajstić information content (AvgIpc) is 2.96. The second-order valence-corrected chi connectivity index (χ2v) is 4.66. The fourth-order valence-corrected chi connectivity index (χ4v) is 2.43. The van der Waals surface area contributed by atoms with Crippen molar-refractivity contribution >= 4 is 39.5 Å². The zero-order valence-corrected chi connectivity index (χ0v) is 10.4. The second kappa shape index (κ2) is 4.23. The fourth-order valence-electron chi connectivity index (χ4n) is 1.71. The van der Waals surface area contributed by atoms with Crippen molar-refractivity contribution in [2.75, 3.05) is 7.05 Å². The number of aliphatic imine (C=N–C) groups is 1. The number of amides is 1. The van der Waals surface area contributed by atoms with Crippen molar-refractivity contribution in [3.63, 3.8) is 0 Å². The van der Waals surface area contributed by atoms with Gasteiger partial charge in [-0.1, -0.05) is 6.07 Å². The van der Waals surface area contributed by atoms with E-state index in [2.05, 4.69) is 20.6 Å². The maximum Gasteiger partial charge on any atom is 0.276 e. The number of nitrogens with one attached hydrogen (secondary N) is 2. The molecule has 1 aliphatic heterocycles. The van der Waals surface area contributed by atoms with Gasteiger partial charge in [-0.2, -0.15) is 0 Å². The number of rotatable bonds is 1. The largest absolute Gasteiger partial charge is 0.359 e. The summed E-state index contributed by atoms with van der Waals surface area (Å²) in [5, 5.41) is 5.43. The van der Waals surface area contributed by atoms with Gasteiger partial charge in [0, 0.05) is 7.05 Å². The Balaban J connectivity index is 2.00. The molecule has 0 saturated heterocycles. The van der Waals surface area contributed by atoms with E-state index in [1.165, 1.54) is 0 Å². The molecule has 3 rings (SSSR count). The molecular formula is C12H10N4OS. The minimum atomic E-state index is -0.191. The number of carbonyl (C=O) groups excluding carboxylic acids is 1. The molecule has 0 saturated carbocycles. The van der Waals surface area contributed by atoms with Gasteiger partial charge >= 0.3 is 0 Å². The molecule has 2 N–H and O–H groups in total. The predicted octanol–water partition coefficient (Wildman–Crippen LogP) is 1.34. The van der Waals surface area contributed by atoms with Crippen LogP contribution in [0.5, 0.6) is 0 Å². The van der Waals surface area contributed by atoms with E-state index in [0.29, 0.717) is 11.7 Å². The summed E-state index contributed by atoms with van der Waals surface area (Å²) >= 11 is 1.58. The zero-order valence-electron chi connectivity index (χ0n) is 9.60. The molecule has 1 aromatic carbocycles. The SMILES string of the molecule is CNC1=N/C(=C\c2ccc3ncsc3c2)C(=O)N1. The minimum absolute atomic E-state index is 0.191. The Morgan fingerprint density at radius 3 is 3.11 bits per heavy atom. The van der Waals surface area contributed by atoms with E-state index in [9.17, 15) is 4.79 Å². The van der Waals surface area contributed by atoms with Gasteiger partial charge in [0.1, 0.15) is 5.70 Å². The van der Waals surface area contributed by atoms with Gasteiger partial charge in [-0.15, -0.1) is 11.3 Å². The van der Waals surface area contributed by atoms with Crippen molar-refractivity contribution in [2.45, 2.75) is 0 Å². The van der Waals surface area contributed by atoms with Crippen molar-refractivity contribution in [1.29, 1.82) is 0 Å². The highest BCUT2D eigenvalue weighted by Crippen LogP contribution is 2.21. The van der Waals surface area contributed by atoms with Crippen LogP contribution < -0.4 is 10.6 Å². The van der Waals surface area contributed by atoms with Gasteiger partial charge in [-0.05, 0) is 23.8 Å². The van der Waals surface area contributed by atoms with Crippen molar-refractivity contribution in [3.8, 4) is 0 Å². The Kier molecular flexibility index (Phi) is 2.56. The summed E-state index contributed by atoms with van der Waals surface area (Å²) in [6.45, 7) is 0. The standard InChI is InChI=1S/C12H10N4OS/c1-13-12-15-9(11(17)16-12)4-7-2-3-8-10(5-7)18-6-14-8/h2-6H,1H3,(H2,13,15,16,17)/b9-4-. The van der Waals surface area contributed by atoms with Crippen molar-refractivity contribution in [3.05, 3.63) is 35.0 Å². The summed E-state index contributed by atoms with van der Waals surface area (Å²) in [7, 11) is 1.71. The van der Waals surface area contributed by atoms with E-state index in [4.69, 9.17) is 0 Å². The number of fused-ring (bicyclic) bond motifs is 1. The minimum Gasteiger partial charge on any atom is -0.359 e. The van der Waals surface area contributed by atoms with E-state index in [1.54, 1.807) is 30.0 Å². The number of nitrogens with zero attached hydrogens (tertiary/aromatic N) is 2. The average molecular weight is 258 g/mol. The first-order valence-corrected chi connectivity index (χ1v) is 6.27. The molecule has 0 spiro atoms. The fraction of sp³-hybridized carbons (Fsp3) is 0.0833. The van der Waals surface area contributed by atoms with Crippen LogP contribution in [0.2, 0.25) is 0 Å². The lowest BCUT2D eigenvalue weighted by atomic mass is 10.2. The third-order valence-corrected chi connectivity index (χ3v) is 3.38. The molecular weight excluding hydrogens is 248 g/mol. The van der Waals surface area contributed by atoms with Gasteiger partial charge in [0.15, 0.2) is 0 Å². The van der Waals surface area contributed by atoms with Gasteiger partial charge in [-0.25, -0.2) is 9.98 Å². The number of benzene rings is 1. The molecule has 1 aromatic heterocycles. The maximum absolute atomic E-state index is 11.6. The molecule has 0 fully saturated rings. The Bertz CT molecular complexity index is 686. The molecule has 0 bridgehead atoms. The number of hydrogen-bond acceptors (Lipinski definition) is 5. The van der Waals surface area contributed by atoms with E-state index in [1.807, 2.05) is 18.2 Å². The third-order valence-electron chi connectivity index (χ3n) is 2.59. The van der Waals surface area contributed by atoms with Crippen molar-refractivity contribution in [1.82, 2.24) is 15.6 Å². The van der Waals surface area contributed by atoms with Crippen LogP contribution in [0.3, 0.4) is 0 Å². The molecule has 0 radical (unpaired) electrons. The normalized spacial score (nSPS) is 17.1. The number of hydrogen-bond donors (Lipinski definition) is 2. The molecule has 0 unspecified atom stereocenters. The number of carbonyl (C=O) groups is 1. The number of guanidine groups is 1. The summed E-state index contributed by atoms with van der Waals surface area (Å²) in [6.07, 6.45) is 1.76. The van der Waals surface area contributed by atoms with Crippen LogP contribution in [0.15, 0.2) is 34.4 Å². The molecule has 1 amide bonds. The summed E-state index contributed by atoms with van der Waals surface area (Å²) in [5.74, 6) is 0.286. The summed E-state index contributed by atoms with van der Waals surface area (Å²) in [6, 6.07) is 5.86. The first-order chi connectivity index (χ1) is 8.76. The van der Waals surface area contributed by atoms with E-state index >= 15 is 0 Å². The van der Waals surface area contributed by atoms with Crippen LogP contribution in [-0.4, -0.2) is 23.9 Å². The molecule has 6 heteroatoms. The van der Waals surface area contributed by atoms with Gasteiger partial charge in [-0.3, -0.25) is 10.1 Å². The molecule has 90 valence electrons. The molecule has 2 heterocycles.